The number of carbonyl (C=O) groups is 1. The first kappa shape index (κ1) is 22.7. The van der Waals surface area contributed by atoms with Crippen molar-refractivity contribution < 1.29 is 18.0 Å². The second-order valence-corrected chi connectivity index (χ2v) is 8.33. The van der Waals surface area contributed by atoms with E-state index in [9.17, 15) is 18.0 Å². The zero-order chi connectivity index (χ0) is 23.6. The molecule has 1 aliphatic rings. The monoisotopic (exact) mass is 453 g/mol. The van der Waals surface area contributed by atoms with Crippen molar-refractivity contribution in [3.63, 3.8) is 0 Å². The van der Waals surface area contributed by atoms with Crippen LogP contribution in [0.3, 0.4) is 0 Å². The number of carbonyl (C=O) groups excluding carboxylic acids is 1. The smallest absolute Gasteiger partial charge is 0.378 e. The fourth-order valence-corrected chi connectivity index (χ4v) is 4.30. The third-order valence-corrected chi connectivity index (χ3v) is 6.03. The summed E-state index contributed by atoms with van der Waals surface area (Å²) < 4.78 is 40.2. The lowest BCUT2D eigenvalue weighted by Crippen LogP contribution is -2.38. The zero-order valence-electron chi connectivity index (χ0n) is 18.6. The van der Waals surface area contributed by atoms with E-state index < -0.39 is 17.6 Å². The molecule has 0 saturated carbocycles. The van der Waals surface area contributed by atoms with Gasteiger partial charge in [-0.15, -0.1) is 0 Å². The first-order chi connectivity index (χ1) is 15.8. The minimum atomic E-state index is -4.59. The molecule has 33 heavy (non-hydrogen) atoms. The van der Waals surface area contributed by atoms with Gasteiger partial charge in [0.2, 0.25) is 0 Å². The van der Waals surface area contributed by atoms with Crippen LogP contribution < -0.4 is 15.1 Å². The number of nitrogens with one attached hydrogen (secondary N) is 1. The molecule has 172 valence electrons. The Bertz CT molecular complexity index is 1130. The minimum Gasteiger partial charge on any atom is -0.378 e. The molecule has 0 fully saturated rings. The Kier molecular flexibility index (Phi) is 6.31. The Morgan fingerprint density at radius 1 is 1.00 bits per heavy atom. The van der Waals surface area contributed by atoms with Crippen molar-refractivity contribution in [2.45, 2.75) is 18.6 Å². The predicted octanol–water partition coefficient (Wildman–Crippen LogP) is 5.31. The fourth-order valence-electron chi connectivity index (χ4n) is 4.30. The number of hydrogen-bond donors (Lipinski definition) is 1. The van der Waals surface area contributed by atoms with Gasteiger partial charge in [-0.3, -0.25) is 4.79 Å². The van der Waals surface area contributed by atoms with Crippen molar-refractivity contribution in [1.29, 1.82) is 0 Å². The lowest BCUT2D eigenvalue weighted by molar-refractivity contribution is -0.137. The maximum Gasteiger partial charge on any atom is 0.417 e. The van der Waals surface area contributed by atoms with E-state index in [0.29, 0.717) is 0 Å². The second kappa shape index (κ2) is 9.17. The van der Waals surface area contributed by atoms with Crippen molar-refractivity contribution in [2.24, 2.45) is 0 Å². The Morgan fingerprint density at radius 3 is 2.36 bits per heavy atom. The van der Waals surface area contributed by atoms with Crippen LogP contribution in [0.5, 0.6) is 0 Å². The molecule has 0 aliphatic carbocycles. The number of benzene rings is 3. The quantitative estimate of drug-likeness (QED) is 0.550. The first-order valence-electron chi connectivity index (χ1n) is 10.8. The third-order valence-electron chi connectivity index (χ3n) is 6.03. The van der Waals surface area contributed by atoms with E-state index in [2.05, 4.69) is 16.3 Å². The number of rotatable bonds is 6. The topological polar surface area (TPSA) is 35.6 Å². The van der Waals surface area contributed by atoms with E-state index >= 15 is 0 Å². The van der Waals surface area contributed by atoms with Gasteiger partial charge in [0.1, 0.15) is 0 Å². The Labute approximate surface area is 191 Å². The summed E-state index contributed by atoms with van der Waals surface area (Å²) in [6, 6.07) is 20.8. The molecule has 3 aromatic rings. The van der Waals surface area contributed by atoms with Gasteiger partial charge in [-0.2, -0.15) is 13.2 Å². The van der Waals surface area contributed by atoms with Gasteiger partial charge >= 0.3 is 6.18 Å². The largest absolute Gasteiger partial charge is 0.417 e. The summed E-state index contributed by atoms with van der Waals surface area (Å²) in [6.45, 7) is 0.953. The molecule has 4 rings (SSSR count). The van der Waals surface area contributed by atoms with Crippen LogP contribution >= 0.6 is 0 Å². The molecule has 3 aromatic carbocycles. The second-order valence-electron chi connectivity index (χ2n) is 8.33. The van der Waals surface area contributed by atoms with Crippen LogP contribution in [-0.2, 0) is 12.6 Å². The molecule has 1 N–H and O–H groups in total. The van der Waals surface area contributed by atoms with E-state index in [0.717, 1.165) is 36.0 Å². The summed E-state index contributed by atoms with van der Waals surface area (Å²) in [7, 11) is 3.92. The average Bonchev–Trinajstić information content (AvgIpc) is 3.23. The van der Waals surface area contributed by atoms with Gasteiger partial charge in [-0.05, 0) is 47.9 Å². The molecular weight excluding hydrogens is 427 g/mol. The summed E-state index contributed by atoms with van der Waals surface area (Å²) in [5.41, 5.74) is 3.05. The lowest BCUT2D eigenvalue weighted by Gasteiger charge is -2.31. The maximum atomic E-state index is 13.4. The van der Waals surface area contributed by atoms with Gasteiger partial charge in [0, 0.05) is 38.6 Å². The molecule has 0 aromatic heterocycles. The van der Waals surface area contributed by atoms with Crippen molar-refractivity contribution in [1.82, 2.24) is 5.32 Å². The highest BCUT2D eigenvalue weighted by Gasteiger charge is 2.35. The molecule has 4 nitrogen and oxygen atoms in total. The number of anilines is 2. The van der Waals surface area contributed by atoms with Crippen LogP contribution in [0.15, 0.2) is 72.8 Å². The summed E-state index contributed by atoms with van der Waals surface area (Å²) in [4.78, 5) is 17.0. The van der Waals surface area contributed by atoms with Crippen LogP contribution in [0.2, 0.25) is 0 Å². The molecule has 1 unspecified atom stereocenters. The highest BCUT2D eigenvalue weighted by molar-refractivity contribution is 5.96. The van der Waals surface area contributed by atoms with E-state index in [-0.39, 0.29) is 18.2 Å². The van der Waals surface area contributed by atoms with Crippen LogP contribution in [0, 0.1) is 0 Å². The summed E-state index contributed by atoms with van der Waals surface area (Å²) >= 11 is 0. The predicted molar refractivity (Wildman–Crippen MR) is 125 cm³/mol. The minimum absolute atomic E-state index is 0.181. The highest BCUT2D eigenvalue weighted by Crippen LogP contribution is 2.36. The third kappa shape index (κ3) is 4.82. The van der Waals surface area contributed by atoms with E-state index in [1.807, 2.05) is 61.5 Å². The van der Waals surface area contributed by atoms with Crippen molar-refractivity contribution in [2.75, 3.05) is 37.0 Å². The average molecular weight is 454 g/mol. The van der Waals surface area contributed by atoms with Gasteiger partial charge in [0.25, 0.3) is 5.91 Å². The van der Waals surface area contributed by atoms with E-state index in [1.54, 1.807) is 0 Å². The fraction of sp³-hybridized carbons (Fsp3) is 0.269. The van der Waals surface area contributed by atoms with Crippen molar-refractivity contribution in [3.8, 4) is 0 Å². The molecule has 0 radical (unpaired) electrons. The molecular formula is C26H26F3N3O. The van der Waals surface area contributed by atoms with Crippen molar-refractivity contribution >= 4 is 17.3 Å². The number of halogens is 3. The zero-order valence-corrected chi connectivity index (χ0v) is 18.6. The van der Waals surface area contributed by atoms with E-state index in [4.69, 9.17) is 0 Å². The molecule has 1 amide bonds. The summed E-state index contributed by atoms with van der Waals surface area (Å²) in [5, 5.41) is 2.76. The molecule has 1 aliphatic heterocycles. The van der Waals surface area contributed by atoms with Gasteiger partial charge in [0.05, 0.1) is 17.2 Å². The molecule has 1 heterocycles. The molecule has 0 spiro atoms. The normalized spacial score (nSPS) is 14.0. The highest BCUT2D eigenvalue weighted by atomic mass is 19.4. The molecule has 7 heteroatoms. The van der Waals surface area contributed by atoms with Crippen LogP contribution in [0.25, 0.3) is 0 Å². The molecule has 1 atom stereocenters. The van der Waals surface area contributed by atoms with Crippen LogP contribution in [-0.4, -0.2) is 33.1 Å². The number of para-hydroxylation sites is 1. The van der Waals surface area contributed by atoms with Gasteiger partial charge in [-0.25, -0.2) is 0 Å². The van der Waals surface area contributed by atoms with Crippen molar-refractivity contribution in [3.05, 3.63) is 95.1 Å². The van der Waals surface area contributed by atoms with Crippen LogP contribution in [0.4, 0.5) is 24.5 Å². The SMILES string of the molecule is CN(C)c1ccc(C(CNC(=O)c2ccccc2C(F)(F)F)N2CCc3ccccc32)cc1. The first-order valence-corrected chi connectivity index (χ1v) is 10.8. The number of amides is 1. The maximum absolute atomic E-state index is 13.4. The van der Waals surface area contributed by atoms with E-state index in [1.165, 1.54) is 23.8 Å². The van der Waals surface area contributed by atoms with Gasteiger partial charge < -0.3 is 15.1 Å². The molecule has 0 saturated heterocycles. The molecule has 0 bridgehead atoms. The number of alkyl halides is 3. The Morgan fingerprint density at radius 2 is 1.67 bits per heavy atom. The lowest BCUT2D eigenvalue weighted by atomic mass is 10.0. The number of hydrogen-bond acceptors (Lipinski definition) is 3. The summed E-state index contributed by atoms with van der Waals surface area (Å²) in [5.74, 6) is -0.731. The summed E-state index contributed by atoms with van der Waals surface area (Å²) in [6.07, 6.45) is -3.71. The standard InChI is InChI=1S/C26H26F3N3O/c1-31(2)20-13-11-19(12-14-20)24(32-16-15-18-7-3-6-10-23(18)32)17-30-25(33)21-8-4-5-9-22(21)26(27,28)29/h3-14,24H,15-17H2,1-2H3,(H,30,33). The number of nitrogens with zero attached hydrogens (tertiary/aromatic N) is 2. The van der Waals surface area contributed by atoms with Crippen LogP contribution in [0.1, 0.15) is 33.1 Å². The van der Waals surface area contributed by atoms with Gasteiger partial charge in [-0.1, -0.05) is 42.5 Å². The Balaban J connectivity index is 1.62. The Hall–Kier alpha value is -3.48. The van der Waals surface area contributed by atoms with Gasteiger partial charge in [0.15, 0.2) is 0 Å². The number of fused-ring (bicyclic) bond motifs is 1.